The molecule has 0 spiro atoms. The van der Waals surface area contributed by atoms with Crippen LogP contribution in [0, 0.1) is 5.92 Å². The molecule has 0 radical (unpaired) electrons. The number of amides is 2. The Labute approximate surface area is 156 Å². The number of likely N-dealkylation sites (N-methyl/N-ethyl adjacent to an activating group) is 1. The summed E-state index contributed by atoms with van der Waals surface area (Å²) < 4.78 is 0. The number of anilines is 2. The van der Waals surface area contributed by atoms with Crippen molar-refractivity contribution < 1.29 is 9.59 Å². The fraction of sp³-hybridized carbons (Fsp3) is 0.600. The first kappa shape index (κ1) is 18.7. The SMILES string of the molecule is CN1CCN(c2ccc(N3CC(C(=O)NC(C)(C)C)CC3=O)cc2)CC1. The van der Waals surface area contributed by atoms with Gasteiger partial charge in [-0.2, -0.15) is 0 Å². The van der Waals surface area contributed by atoms with Crippen molar-refractivity contribution in [1.29, 1.82) is 0 Å². The zero-order valence-corrected chi connectivity index (χ0v) is 16.3. The lowest BCUT2D eigenvalue weighted by molar-refractivity contribution is -0.127. The molecule has 0 aromatic heterocycles. The van der Waals surface area contributed by atoms with E-state index >= 15 is 0 Å². The first-order valence-electron chi connectivity index (χ1n) is 9.39. The second kappa shape index (κ2) is 7.27. The smallest absolute Gasteiger partial charge is 0.227 e. The van der Waals surface area contributed by atoms with Gasteiger partial charge in [0.1, 0.15) is 0 Å². The monoisotopic (exact) mass is 358 g/mol. The molecular weight excluding hydrogens is 328 g/mol. The summed E-state index contributed by atoms with van der Waals surface area (Å²) in [7, 11) is 2.14. The molecule has 1 aromatic rings. The van der Waals surface area contributed by atoms with Crippen LogP contribution in [0.5, 0.6) is 0 Å². The molecule has 1 aromatic carbocycles. The molecule has 6 nitrogen and oxygen atoms in total. The number of benzene rings is 1. The minimum Gasteiger partial charge on any atom is -0.369 e. The average molecular weight is 358 g/mol. The molecule has 1 unspecified atom stereocenters. The lowest BCUT2D eigenvalue weighted by Gasteiger charge is -2.34. The normalized spacial score (nSPS) is 22.0. The quantitative estimate of drug-likeness (QED) is 0.894. The van der Waals surface area contributed by atoms with Crippen molar-refractivity contribution in [1.82, 2.24) is 10.2 Å². The Morgan fingerprint density at radius 1 is 1.04 bits per heavy atom. The number of nitrogens with zero attached hydrogens (tertiary/aromatic N) is 3. The molecule has 142 valence electrons. The van der Waals surface area contributed by atoms with E-state index in [1.165, 1.54) is 5.69 Å². The van der Waals surface area contributed by atoms with E-state index in [1.54, 1.807) is 4.90 Å². The van der Waals surface area contributed by atoms with Crippen molar-refractivity contribution in [2.75, 3.05) is 49.6 Å². The molecule has 2 fully saturated rings. The Bertz CT molecular complexity index is 657. The Morgan fingerprint density at radius 3 is 2.19 bits per heavy atom. The Kier molecular flexibility index (Phi) is 5.23. The predicted octanol–water partition coefficient (Wildman–Crippen LogP) is 1.71. The molecular formula is C20H30N4O2. The van der Waals surface area contributed by atoms with Gasteiger partial charge in [-0.15, -0.1) is 0 Å². The number of hydrogen-bond acceptors (Lipinski definition) is 4. The largest absolute Gasteiger partial charge is 0.369 e. The topological polar surface area (TPSA) is 55.9 Å². The highest BCUT2D eigenvalue weighted by molar-refractivity contribution is 6.00. The van der Waals surface area contributed by atoms with E-state index in [1.807, 2.05) is 32.9 Å². The molecule has 2 saturated heterocycles. The Balaban J connectivity index is 1.64. The van der Waals surface area contributed by atoms with Gasteiger partial charge in [-0.1, -0.05) is 0 Å². The van der Waals surface area contributed by atoms with Gasteiger partial charge in [0.2, 0.25) is 11.8 Å². The van der Waals surface area contributed by atoms with Crippen LogP contribution in [0.2, 0.25) is 0 Å². The maximum Gasteiger partial charge on any atom is 0.227 e. The van der Waals surface area contributed by atoms with E-state index in [0.29, 0.717) is 6.54 Å². The summed E-state index contributed by atoms with van der Waals surface area (Å²) in [6.45, 7) is 10.5. The van der Waals surface area contributed by atoms with Crippen molar-refractivity contribution in [2.45, 2.75) is 32.7 Å². The van der Waals surface area contributed by atoms with Crippen LogP contribution in [0.15, 0.2) is 24.3 Å². The summed E-state index contributed by atoms with van der Waals surface area (Å²) in [5, 5.41) is 2.98. The molecule has 1 atom stereocenters. The average Bonchev–Trinajstić information content (AvgIpc) is 2.96. The molecule has 0 aliphatic carbocycles. The number of hydrogen-bond donors (Lipinski definition) is 1. The minimum absolute atomic E-state index is 0.0198. The number of nitrogens with one attached hydrogen (secondary N) is 1. The highest BCUT2D eigenvalue weighted by atomic mass is 16.2. The minimum atomic E-state index is -0.280. The first-order valence-corrected chi connectivity index (χ1v) is 9.39. The lowest BCUT2D eigenvalue weighted by atomic mass is 10.0. The number of carbonyl (C=O) groups is 2. The van der Waals surface area contributed by atoms with Gasteiger partial charge in [0.25, 0.3) is 0 Å². The maximum absolute atomic E-state index is 12.4. The molecule has 0 saturated carbocycles. The fourth-order valence-corrected chi connectivity index (χ4v) is 3.51. The highest BCUT2D eigenvalue weighted by Gasteiger charge is 2.36. The molecule has 6 heteroatoms. The van der Waals surface area contributed by atoms with Gasteiger partial charge in [-0.25, -0.2) is 0 Å². The Morgan fingerprint density at radius 2 is 1.62 bits per heavy atom. The number of carbonyl (C=O) groups excluding carboxylic acids is 2. The van der Waals surface area contributed by atoms with Crippen molar-refractivity contribution >= 4 is 23.2 Å². The fourth-order valence-electron chi connectivity index (χ4n) is 3.51. The van der Waals surface area contributed by atoms with Gasteiger partial charge in [0.15, 0.2) is 0 Å². The van der Waals surface area contributed by atoms with Gasteiger partial charge >= 0.3 is 0 Å². The third-order valence-electron chi connectivity index (χ3n) is 5.02. The van der Waals surface area contributed by atoms with E-state index in [4.69, 9.17) is 0 Å². The van der Waals surface area contributed by atoms with Crippen LogP contribution < -0.4 is 15.1 Å². The third kappa shape index (κ3) is 4.36. The van der Waals surface area contributed by atoms with E-state index in [9.17, 15) is 9.59 Å². The summed E-state index contributed by atoms with van der Waals surface area (Å²) in [6, 6.07) is 8.15. The first-order chi connectivity index (χ1) is 12.2. The molecule has 3 rings (SSSR count). The van der Waals surface area contributed by atoms with Crippen LogP contribution in [0.25, 0.3) is 0 Å². The van der Waals surface area contributed by atoms with E-state index in [-0.39, 0.29) is 29.7 Å². The zero-order chi connectivity index (χ0) is 18.9. The van der Waals surface area contributed by atoms with Gasteiger partial charge in [0.05, 0.1) is 5.92 Å². The van der Waals surface area contributed by atoms with Crippen LogP contribution >= 0.6 is 0 Å². The van der Waals surface area contributed by atoms with E-state index in [2.05, 4.69) is 34.3 Å². The summed E-state index contributed by atoms with van der Waals surface area (Å²) in [6.07, 6.45) is 0.280. The van der Waals surface area contributed by atoms with Crippen molar-refractivity contribution in [3.05, 3.63) is 24.3 Å². The van der Waals surface area contributed by atoms with E-state index < -0.39 is 0 Å². The summed E-state index contributed by atoms with van der Waals surface area (Å²) in [5.41, 5.74) is 1.78. The molecule has 26 heavy (non-hydrogen) atoms. The third-order valence-corrected chi connectivity index (χ3v) is 5.02. The second-order valence-electron chi connectivity index (χ2n) is 8.45. The zero-order valence-electron chi connectivity index (χ0n) is 16.3. The standard InChI is InChI=1S/C20H30N4O2/c1-20(2,3)21-19(26)15-13-18(25)24(14-15)17-7-5-16(6-8-17)23-11-9-22(4)10-12-23/h5-8,15H,9-14H2,1-4H3,(H,21,26). The van der Waals surface area contributed by atoms with E-state index in [0.717, 1.165) is 31.9 Å². The lowest BCUT2D eigenvalue weighted by Crippen LogP contribution is -2.44. The summed E-state index contributed by atoms with van der Waals surface area (Å²) >= 11 is 0. The van der Waals surface area contributed by atoms with Crippen LogP contribution in [0.4, 0.5) is 11.4 Å². The molecule has 2 heterocycles. The summed E-state index contributed by atoms with van der Waals surface area (Å²) in [4.78, 5) is 31.2. The molecule has 1 N–H and O–H groups in total. The molecule has 2 amide bonds. The molecule has 2 aliphatic rings. The summed E-state index contributed by atoms with van der Waals surface area (Å²) in [5.74, 6) is -0.298. The van der Waals surface area contributed by atoms with Crippen LogP contribution in [0.1, 0.15) is 27.2 Å². The van der Waals surface area contributed by atoms with Crippen molar-refractivity contribution in [2.24, 2.45) is 5.92 Å². The van der Waals surface area contributed by atoms with Gasteiger partial charge < -0.3 is 20.0 Å². The molecule has 0 bridgehead atoms. The van der Waals surface area contributed by atoms with Gasteiger partial charge in [0, 0.05) is 56.1 Å². The highest BCUT2D eigenvalue weighted by Crippen LogP contribution is 2.28. The van der Waals surface area contributed by atoms with Gasteiger partial charge in [-0.05, 0) is 52.1 Å². The van der Waals surface area contributed by atoms with Crippen LogP contribution in [-0.2, 0) is 9.59 Å². The predicted molar refractivity (Wildman–Crippen MR) is 105 cm³/mol. The number of rotatable bonds is 3. The van der Waals surface area contributed by atoms with Crippen LogP contribution in [0.3, 0.4) is 0 Å². The van der Waals surface area contributed by atoms with Gasteiger partial charge in [-0.3, -0.25) is 9.59 Å². The second-order valence-corrected chi connectivity index (χ2v) is 8.45. The van der Waals surface area contributed by atoms with Crippen molar-refractivity contribution in [3.63, 3.8) is 0 Å². The maximum atomic E-state index is 12.4. The number of piperazine rings is 1. The molecule has 2 aliphatic heterocycles. The van der Waals surface area contributed by atoms with Crippen molar-refractivity contribution in [3.8, 4) is 0 Å². The Hall–Kier alpha value is -2.08. The van der Waals surface area contributed by atoms with Crippen LogP contribution in [-0.4, -0.2) is 62.0 Å².